The third kappa shape index (κ3) is 25.3. The minimum absolute atomic E-state index is 0.0803. The number of hydrogen-bond acceptors (Lipinski definition) is 16. The van der Waals surface area contributed by atoms with Crippen LogP contribution in [0.5, 0.6) is 0 Å². The van der Waals surface area contributed by atoms with Crippen molar-refractivity contribution in [2.45, 2.75) is 50.6 Å². The van der Waals surface area contributed by atoms with Gasteiger partial charge in [-0.3, -0.25) is 53.2 Å². The van der Waals surface area contributed by atoms with E-state index in [1.54, 1.807) is 16.0 Å². The molecule has 0 saturated carbocycles. The van der Waals surface area contributed by atoms with E-state index in [1.165, 1.54) is 0 Å². The zero-order chi connectivity index (χ0) is 50.2. The van der Waals surface area contributed by atoms with Crippen LogP contribution in [0, 0.1) is 0 Å². The number of carbonyl (C=O) groups excluding carboxylic acids is 6. The second kappa shape index (κ2) is 33.6. The fraction of sp³-hybridized carbons (Fsp3) is 0.622. The number of nitrogens with one attached hydrogen (secondary N) is 5. The minimum Gasteiger partial charge on any atom is -0.481 e. The maximum Gasteiger partial charge on any atom is 0.317 e. The lowest BCUT2D eigenvalue weighted by Crippen LogP contribution is -2.51. The average molecular weight is 976 g/mol. The van der Waals surface area contributed by atoms with Crippen LogP contribution < -0.4 is 21.3 Å². The van der Waals surface area contributed by atoms with Gasteiger partial charge in [-0.05, 0) is 24.5 Å². The number of ether oxygens (including phenoxy) is 3. The maximum atomic E-state index is 12.9. The molecule has 1 saturated heterocycles. The second-order valence-electron chi connectivity index (χ2n) is 16.4. The number of aromatic amines is 1. The van der Waals surface area contributed by atoms with Gasteiger partial charge in [0.2, 0.25) is 23.6 Å². The highest BCUT2D eigenvalue weighted by Gasteiger charge is 2.27. The molecule has 24 heteroatoms. The number of para-hydroxylation sites is 1. The highest BCUT2D eigenvalue weighted by molar-refractivity contribution is 5.93. The highest BCUT2D eigenvalue weighted by atomic mass is 16.5. The van der Waals surface area contributed by atoms with Gasteiger partial charge in [-0.1, -0.05) is 18.2 Å². The van der Waals surface area contributed by atoms with Crippen molar-refractivity contribution < 1.29 is 72.7 Å². The van der Waals surface area contributed by atoms with E-state index < -0.39 is 54.1 Å². The predicted molar refractivity (Wildman–Crippen MR) is 248 cm³/mol. The first-order chi connectivity index (χ1) is 33.3. The van der Waals surface area contributed by atoms with Crippen LogP contribution in [0.2, 0.25) is 0 Å². The van der Waals surface area contributed by atoms with E-state index >= 15 is 0 Å². The van der Waals surface area contributed by atoms with E-state index in [0.29, 0.717) is 118 Å². The van der Waals surface area contributed by atoms with Crippen molar-refractivity contribution in [3.8, 4) is 0 Å². The Hall–Kier alpha value is -5.89. The third-order valence-electron chi connectivity index (χ3n) is 10.9. The monoisotopic (exact) mass is 975 g/mol. The Labute approximate surface area is 400 Å². The lowest BCUT2D eigenvalue weighted by atomic mass is 10.0. The van der Waals surface area contributed by atoms with Crippen LogP contribution in [-0.2, 0) is 63.8 Å². The number of carboxylic acids is 3. The van der Waals surface area contributed by atoms with Crippen molar-refractivity contribution in [1.82, 2.24) is 45.9 Å². The summed E-state index contributed by atoms with van der Waals surface area (Å²) in [7, 11) is 0. The summed E-state index contributed by atoms with van der Waals surface area (Å²) in [5, 5.41) is 39.4. The highest BCUT2D eigenvalue weighted by Crippen LogP contribution is 2.19. The van der Waals surface area contributed by atoms with Gasteiger partial charge in [-0.15, -0.1) is 0 Å². The number of amides is 4. The molecule has 4 amide bonds. The maximum absolute atomic E-state index is 12.9. The van der Waals surface area contributed by atoms with E-state index in [4.69, 9.17) is 14.2 Å². The summed E-state index contributed by atoms with van der Waals surface area (Å²) in [4.78, 5) is 118. The molecule has 0 radical (unpaired) electrons. The van der Waals surface area contributed by atoms with Gasteiger partial charge in [-0.2, -0.15) is 0 Å². The zero-order valence-electron chi connectivity index (χ0n) is 39.1. The molecule has 0 spiro atoms. The Morgan fingerprint density at radius 2 is 1.13 bits per heavy atom. The summed E-state index contributed by atoms with van der Waals surface area (Å²) >= 11 is 0. The van der Waals surface area contributed by atoms with Gasteiger partial charge in [0.25, 0.3) is 0 Å². The number of fused-ring (bicyclic) bond motifs is 1. The van der Waals surface area contributed by atoms with Crippen LogP contribution in [0.15, 0.2) is 30.5 Å². The van der Waals surface area contributed by atoms with Gasteiger partial charge in [0.1, 0.15) is 18.6 Å². The number of hydrogen-bond donors (Lipinski definition) is 8. The number of aromatic nitrogens is 1. The van der Waals surface area contributed by atoms with Crippen molar-refractivity contribution >= 4 is 65.0 Å². The Balaban J connectivity index is 1.20. The summed E-state index contributed by atoms with van der Waals surface area (Å²) in [6, 6.07) is 5.00. The number of H-pyrrole nitrogens is 1. The van der Waals surface area contributed by atoms with Gasteiger partial charge in [0.15, 0.2) is 0 Å². The molecular weight excluding hydrogens is 907 g/mol. The van der Waals surface area contributed by atoms with E-state index in [1.807, 2.05) is 34.1 Å². The summed E-state index contributed by atoms with van der Waals surface area (Å²) in [5.74, 6) is -5.48. The lowest BCUT2D eigenvalue weighted by molar-refractivity contribution is -0.141. The van der Waals surface area contributed by atoms with Crippen LogP contribution >= 0.6 is 0 Å². The third-order valence-corrected chi connectivity index (χ3v) is 10.9. The van der Waals surface area contributed by atoms with Crippen LogP contribution in [0.3, 0.4) is 0 Å². The number of nitrogens with zero attached hydrogens (tertiary/aromatic N) is 4. The number of aliphatic carboxylic acids is 3. The Morgan fingerprint density at radius 1 is 0.623 bits per heavy atom. The van der Waals surface area contributed by atoms with Crippen molar-refractivity contribution in [2.75, 3.05) is 131 Å². The van der Waals surface area contributed by atoms with Crippen LogP contribution in [0.1, 0.15) is 37.7 Å². The van der Waals surface area contributed by atoms with E-state index in [2.05, 4.69) is 26.3 Å². The summed E-state index contributed by atoms with van der Waals surface area (Å²) < 4.78 is 16.6. The number of rotatable bonds is 33. The van der Waals surface area contributed by atoms with Gasteiger partial charge in [0.05, 0.1) is 65.1 Å². The molecule has 384 valence electrons. The first-order valence-electron chi connectivity index (χ1n) is 23.1. The molecular formula is C45H69N9O15. The average Bonchev–Trinajstić information content (AvgIpc) is 3.71. The Bertz CT molecular complexity index is 1940. The van der Waals surface area contributed by atoms with E-state index in [9.17, 15) is 58.5 Å². The SMILES string of the molecule is O=CCN1CCN(CC(=O)O)CCN(CC(=O)O)CCN(CC(=O)NCCCOCCOCCOCCCNC(=O)CCC(=O)NC(CC(=O)O)C(=O)NC(C=O)Cc2c[nH]c3ccccc23)CC1. The molecule has 2 aromatic rings. The Kier molecular flexibility index (Phi) is 27.9. The van der Waals surface area contributed by atoms with Gasteiger partial charge in [0, 0.05) is 115 Å². The molecule has 2 unspecified atom stereocenters. The first-order valence-corrected chi connectivity index (χ1v) is 23.1. The van der Waals surface area contributed by atoms with E-state index in [-0.39, 0.29) is 57.9 Å². The topological polar surface area (TPSA) is 319 Å². The van der Waals surface area contributed by atoms with Gasteiger partial charge < -0.3 is 65.4 Å². The molecule has 0 bridgehead atoms. The fourth-order valence-corrected chi connectivity index (χ4v) is 7.25. The van der Waals surface area contributed by atoms with Gasteiger partial charge >= 0.3 is 17.9 Å². The fourth-order valence-electron chi connectivity index (χ4n) is 7.25. The standard InChI is InChI=1S/C45H69N9O15/c55-20-19-51-11-13-52(15-16-54(32-44(64)65)18-17-53(14-12-51)31-43(62)63)30-41(59)47-10-4-22-68-24-26-69-25-23-67-21-3-9-46-39(57)7-8-40(58)50-38(28-42(60)61)45(66)49-35(33-56)27-34-29-48-37-6-2-1-5-36(34)37/h1-2,5-6,20,29,33,35,38,48H,3-4,7-19,21-28,30-32H2,(H,46,57)(H,47,59)(H,49,66)(H,50,58)(H,60,61)(H,62,63)(H,64,65). The van der Waals surface area contributed by atoms with Crippen LogP contribution in [-0.4, -0.2) is 237 Å². The summed E-state index contributed by atoms with van der Waals surface area (Å²) in [6.45, 7) is 5.73. The molecule has 8 N–H and O–H groups in total. The normalized spacial score (nSPS) is 15.5. The van der Waals surface area contributed by atoms with Gasteiger partial charge in [-0.25, -0.2) is 0 Å². The molecule has 1 fully saturated rings. The summed E-state index contributed by atoms with van der Waals surface area (Å²) in [6.07, 6.45) is 3.06. The zero-order valence-corrected chi connectivity index (χ0v) is 39.1. The smallest absolute Gasteiger partial charge is 0.317 e. The second-order valence-corrected chi connectivity index (χ2v) is 16.4. The molecule has 1 aromatic carbocycles. The lowest BCUT2D eigenvalue weighted by Gasteiger charge is -2.32. The number of benzene rings is 1. The van der Waals surface area contributed by atoms with E-state index in [0.717, 1.165) is 22.8 Å². The summed E-state index contributed by atoms with van der Waals surface area (Å²) in [5.41, 5.74) is 1.63. The molecule has 1 aliphatic rings. The number of aldehydes is 2. The molecule has 69 heavy (non-hydrogen) atoms. The van der Waals surface area contributed by atoms with Crippen LogP contribution in [0.25, 0.3) is 10.9 Å². The molecule has 2 heterocycles. The van der Waals surface area contributed by atoms with Crippen molar-refractivity contribution in [2.24, 2.45) is 0 Å². The quantitative estimate of drug-likeness (QED) is 0.0278. The minimum atomic E-state index is -1.46. The molecule has 1 aromatic heterocycles. The molecule has 0 aliphatic carbocycles. The first kappa shape index (κ1) is 57.4. The molecule has 2 atom stereocenters. The molecule has 24 nitrogen and oxygen atoms in total. The Morgan fingerprint density at radius 3 is 1.67 bits per heavy atom. The van der Waals surface area contributed by atoms with Crippen molar-refractivity contribution in [3.63, 3.8) is 0 Å². The molecule has 3 rings (SSSR count). The number of carbonyl (C=O) groups is 9. The van der Waals surface area contributed by atoms with Crippen molar-refractivity contribution in [3.05, 3.63) is 36.0 Å². The van der Waals surface area contributed by atoms with Crippen LogP contribution in [0.4, 0.5) is 0 Å². The largest absolute Gasteiger partial charge is 0.481 e. The number of carboxylic acid groups (broad SMARTS) is 3. The van der Waals surface area contributed by atoms with Crippen molar-refractivity contribution in [1.29, 1.82) is 0 Å². The predicted octanol–water partition coefficient (Wildman–Crippen LogP) is -2.21. The molecule has 1 aliphatic heterocycles.